The van der Waals surface area contributed by atoms with Gasteiger partial charge in [0.15, 0.2) is 18.0 Å². The molecule has 0 unspecified atom stereocenters. The van der Waals surface area contributed by atoms with Crippen molar-refractivity contribution >= 4 is 17.7 Å². The summed E-state index contributed by atoms with van der Waals surface area (Å²) < 4.78 is 15.6. The normalized spacial score (nSPS) is 26.9. The van der Waals surface area contributed by atoms with E-state index < -0.39 is 30.3 Å². The molecule has 0 aromatic rings. The molecule has 1 fully saturated rings. The summed E-state index contributed by atoms with van der Waals surface area (Å²) >= 11 is 0. The first-order valence-corrected chi connectivity index (χ1v) is 7.35. The van der Waals surface area contributed by atoms with E-state index in [0.29, 0.717) is 11.1 Å². The molecule has 0 bridgehead atoms. The van der Waals surface area contributed by atoms with Crippen LogP contribution in [-0.2, 0) is 28.6 Å². The van der Waals surface area contributed by atoms with Crippen LogP contribution < -0.4 is 0 Å². The van der Waals surface area contributed by atoms with Gasteiger partial charge in [-0.15, -0.1) is 0 Å². The highest BCUT2D eigenvalue weighted by atomic mass is 16.6. The number of rotatable bonds is 6. The van der Waals surface area contributed by atoms with Crippen LogP contribution in [0.15, 0.2) is 23.3 Å². The minimum absolute atomic E-state index is 0.135. The van der Waals surface area contributed by atoms with Crippen LogP contribution in [0.5, 0.6) is 0 Å². The summed E-state index contributed by atoms with van der Waals surface area (Å²) in [6.07, 6.45) is 3.81. The quantitative estimate of drug-likeness (QED) is 0.546. The third-order valence-electron chi connectivity index (χ3n) is 3.50. The van der Waals surface area contributed by atoms with Gasteiger partial charge in [-0.3, -0.25) is 14.4 Å². The lowest BCUT2D eigenvalue weighted by Gasteiger charge is -2.23. The second-order valence-electron chi connectivity index (χ2n) is 5.32. The predicted molar refractivity (Wildman–Crippen MR) is 76.9 cm³/mol. The van der Waals surface area contributed by atoms with Gasteiger partial charge in [-0.1, -0.05) is 25.5 Å². The Balaban J connectivity index is 2.32. The number of fused-ring (bicyclic) bond motifs is 1. The number of hydrogen-bond acceptors (Lipinski definition) is 6. The van der Waals surface area contributed by atoms with E-state index in [-0.39, 0.29) is 12.4 Å². The van der Waals surface area contributed by atoms with Gasteiger partial charge in [0.1, 0.15) is 12.7 Å². The van der Waals surface area contributed by atoms with E-state index in [9.17, 15) is 14.4 Å². The standard InChI is InChI=1S/C16H20O6/c1-4-5-6-7-11-12(8-20-9(2)17)13(19)15-16(22-15)14(11)21-10(3)18/h6-7,14-16H,4-5,8H2,1-3H3/b7-6+/t14-,15-,16+/m1/s1. The first kappa shape index (κ1) is 16.4. The molecule has 22 heavy (non-hydrogen) atoms. The summed E-state index contributed by atoms with van der Waals surface area (Å²) in [7, 11) is 0. The first-order valence-electron chi connectivity index (χ1n) is 7.35. The van der Waals surface area contributed by atoms with Gasteiger partial charge in [-0.25, -0.2) is 0 Å². The minimum Gasteiger partial charge on any atom is -0.461 e. The van der Waals surface area contributed by atoms with Crippen LogP contribution in [-0.4, -0.2) is 42.6 Å². The molecule has 1 saturated heterocycles. The molecule has 0 radical (unpaired) electrons. The number of ether oxygens (including phenoxy) is 3. The summed E-state index contributed by atoms with van der Waals surface area (Å²) in [5, 5.41) is 0. The fourth-order valence-electron chi connectivity index (χ4n) is 2.44. The van der Waals surface area contributed by atoms with Crippen molar-refractivity contribution in [2.45, 2.75) is 51.9 Å². The number of carbonyl (C=O) groups is 3. The number of Topliss-reactive ketones (excluding diaryl/α,β-unsaturated/α-hetero) is 1. The molecule has 1 aliphatic carbocycles. The fraction of sp³-hybridized carbons (Fsp3) is 0.562. The lowest BCUT2D eigenvalue weighted by molar-refractivity contribution is -0.146. The molecule has 2 aliphatic rings. The Bertz CT molecular complexity index is 545. The van der Waals surface area contributed by atoms with Crippen molar-refractivity contribution < 1.29 is 28.6 Å². The van der Waals surface area contributed by atoms with Crippen molar-refractivity contribution in [1.82, 2.24) is 0 Å². The number of allylic oxidation sites excluding steroid dienone is 1. The Labute approximate surface area is 129 Å². The molecule has 6 heteroatoms. The summed E-state index contributed by atoms with van der Waals surface area (Å²) in [5.74, 6) is -1.12. The lowest BCUT2D eigenvalue weighted by Crippen LogP contribution is -2.35. The zero-order valence-electron chi connectivity index (χ0n) is 13.0. The Hall–Kier alpha value is -1.95. The van der Waals surface area contributed by atoms with Crippen molar-refractivity contribution in [1.29, 1.82) is 0 Å². The lowest BCUT2D eigenvalue weighted by atomic mass is 9.88. The molecule has 120 valence electrons. The molecular weight excluding hydrogens is 288 g/mol. The van der Waals surface area contributed by atoms with E-state index >= 15 is 0 Å². The van der Waals surface area contributed by atoms with Crippen molar-refractivity contribution in [2.75, 3.05) is 6.61 Å². The molecule has 0 N–H and O–H groups in total. The third kappa shape index (κ3) is 3.62. The molecule has 1 aliphatic heterocycles. The molecule has 6 nitrogen and oxygen atoms in total. The summed E-state index contributed by atoms with van der Waals surface area (Å²) in [5.41, 5.74) is 0.904. The summed E-state index contributed by atoms with van der Waals surface area (Å²) in [6.45, 7) is 4.49. The van der Waals surface area contributed by atoms with Gasteiger partial charge in [0.2, 0.25) is 0 Å². The topological polar surface area (TPSA) is 82.2 Å². The SMILES string of the molecule is CCC/C=C/C1=C(COC(C)=O)C(=O)[C@H]2O[C@H]2[C@@H]1OC(C)=O. The number of unbranched alkanes of at least 4 members (excludes halogenated alkanes) is 1. The van der Waals surface area contributed by atoms with E-state index in [1.807, 2.05) is 13.0 Å². The number of esters is 2. The smallest absolute Gasteiger partial charge is 0.303 e. The van der Waals surface area contributed by atoms with Gasteiger partial charge in [0.25, 0.3) is 0 Å². The first-order chi connectivity index (χ1) is 10.5. The van der Waals surface area contributed by atoms with Crippen LogP contribution in [0.4, 0.5) is 0 Å². The van der Waals surface area contributed by atoms with Gasteiger partial charge in [0.05, 0.1) is 0 Å². The van der Waals surface area contributed by atoms with Crippen LogP contribution >= 0.6 is 0 Å². The Morgan fingerprint density at radius 3 is 2.59 bits per heavy atom. The molecule has 0 saturated carbocycles. The van der Waals surface area contributed by atoms with Crippen LogP contribution in [0, 0.1) is 0 Å². The van der Waals surface area contributed by atoms with Crippen molar-refractivity contribution in [3.63, 3.8) is 0 Å². The molecule has 1 heterocycles. The van der Waals surface area contributed by atoms with E-state index in [2.05, 4.69) is 0 Å². The van der Waals surface area contributed by atoms with Gasteiger partial charge in [0, 0.05) is 25.0 Å². The predicted octanol–water partition coefficient (Wildman–Crippen LogP) is 1.48. The van der Waals surface area contributed by atoms with Crippen molar-refractivity contribution in [2.24, 2.45) is 0 Å². The van der Waals surface area contributed by atoms with Gasteiger partial charge < -0.3 is 14.2 Å². The average Bonchev–Trinajstić information content (AvgIpc) is 3.22. The second kappa shape index (κ2) is 6.87. The molecule has 0 spiro atoms. The number of carbonyl (C=O) groups excluding carboxylic acids is 3. The maximum Gasteiger partial charge on any atom is 0.303 e. The maximum absolute atomic E-state index is 12.3. The van der Waals surface area contributed by atoms with Crippen LogP contribution in [0.3, 0.4) is 0 Å². The maximum atomic E-state index is 12.3. The highest BCUT2D eigenvalue weighted by molar-refractivity contribution is 6.04. The van der Waals surface area contributed by atoms with E-state index in [1.54, 1.807) is 6.08 Å². The van der Waals surface area contributed by atoms with Crippen LogP contribution in [0.1, 0.15) is 33.6 Å². The number of hydrogen-bond donors (Lipinski definition) is 0. The molecule has 0 aromatic heterocycles. The molecule has 2 rings (SSSR count). The van der Waals surface area contributed by atoms with E-state index in [0.717, 1.165) is 12.8 Å². The average molecular weight is 308 g/mol. The van der Waals surface area contributed by atoms with E-state index in [1.165, 1.54) is 13.8 Å². The fourth-order valence-corrected chi connectivity index (χ4v) is 2.44. The number of ketones is 1. The Morgan fingerprint density at radius 1 is 1.27 bits per heavy atom. The zero-order chi connectivity index (χ0) is 16.3. The summed E-state index contributed by atoms with van der Waals surface area (Å²) in [6, 6.07) is 0. The zero-order valence-corrected chi connectivity index (χ0v) is 13.0. The third-order valence-corrected chi connectivity index (χ3v) is 3.50. The van der Waals surface area contributed by atoms with Gasteiger partial charge in [-0.2, -0.15) is 0 Å². The summed E-state index contributed by atoms with van der Waals surface area (Å²) in [4.78, 5) is 34.6. The second-order valence-corrected chi connectivity index (χ2v) is 5.32. The van der Waals surface area contributed by atoms with Crippen LogP contribution in [0.2, 0.25) is 0 Å². The Kier molecular flexibility index (Phi) is 5.13. The molecule has 0 amide bonds. The molecule has 3 atom stereocenters. The highest BCUT2D eigenvalue weighted by Crippen LogP contribution is 2.40. The minimum atomic E-state index is -0.626. The largest absolute Gasteiger partial charge is 0.461 e. The molecule has 0 aromatic carbocycles. The van der Waals surface area contributed by atoms with Crippen molar-refractivity contribution in [3.8, 4) is 0 Å². The van der Waals surface area contributed by atoms with Crippen molar-refractivity contribution in [3.05, 3.63) is 23.3 Å². The van der Waals surface area contributed by atoms with Gasteiger partial charge in [-0.05, 0) is 6.42 Å². The number of epoxide rings is 1. The molecular formula is C16H20O6. The van der Waals surface area contributed by atoms with E-state index in [4.69, 9.17) is 14.2 Å². The Morgan fingerprint density at radius 2 is 2.00 bits per heavy atom. The highest BCUT2D eigenvalue weighted by Gasteiger charge is 2.57. The van der Waals surface area contributed by atoms with Gasteiger partial charge >= 0.3 is 11.9 Å². The van der Waals surface area contributed by atoms with Crippen LogP contribution in [0.25, 0.3) is 0 Å². The monoisotopic (exact) mass is 308 g/mol.